The van der Waals surface area contributed by atoms with E-state index in [9.17, 15) is 0 Å². The smallest absolute Gasteiger partial charge is 0.0252 e. The van der Waals surface area contributed by atoms with Gasteiger partial charge in [-0.15, -0.1) is 0 Å². The fourth-order valence-electron chi connectivity index (χ4n) is 2.83. The predicted octanol–water partition coefficient (Wildman–Crippen LogP) is 3.12. The molecule has 0 heterocycles. The minimum Gasteiger partial charge on any atom is -0.307 e. The second-order valence-corrected chi connectivity index (χ2v) is 5.15. The second-order valence-electron chi connectivity index (χ2n) is 5.15. The summed E-state index contributed by atoms with van der Waals surface area (Å²) in [5.74, 6) is 1.78. The highest BCUT2D eigenvalue weighted by atomic mass is 15.0. The minimum absolute atomic E-state index is 0.668. The topological polar surface area (TPSA) is 12.0 Å². The van der Waals surface area contributed by atoms with Gasteiger partial charge in [-0.3, -0.25) is 0 Å². The first-order valence-electron chi connectivity index (χ1n) is 6.20. The van der Waals surface area contributed by atoms with Gasteiger partial charge in [0, 0.05) is 12.1 Å². The van der Waals surface area contributed by atoms with E-state index >= 15 is 0 Å². The van der Waals surface area contributed by atoms with Crippen LogP contribution in [-0.4, -0.2) is 12.1 Å². The van der Waals surface area contributed by atoms with Crippen LogP contribution < -0.4 is 5.32 Å². The molecule has 4 unspecified atom stereocenters. The molecule has 0 saturated heterocycles. The Hall–Kier alpha value is -0.300. The number of hydrogen-bond donors (Lipinski definition) is 1. The van der Waals surface area contributed by atoms with Crippen molar-refractivity contribution in [2.24, 2.45) is 11.8 Å². The van der Waals surface area contributed by atoms with E-state index in [0.717, 1.165) is 17.9 Å². The third-order valence-electron chi connectivity index (χ3n) is 4.15. The zero-order chi connectivity index (χ0) is 9.97. The molecule has 80 valence electrons. The Morgan fingerprint density at radius 3 is 2.57 bits per heavy atom. The van der Waals surface area contributed by atoms with Gasteiger partial charge < -0.3 is 5.32 Å². The van der Waals surface area contributed by atoms with Crippen LogP contribution in [0.3, 0.4) is 0 Å². The molecular formula is C13H23N. The van der Waals surface area contributed by atoms with Crippen LogP contribution in [0.25, 0.3) is 0 Å². The van der Waals surface area contributed by atoms with Crippen LogP contribution in [-0.2, 0) is 0 Å². The molecule has 2 aliphatic rings. The lowest BCUT2D eigenvalue weighted by atomic mass is 9.95. The van der Waals surface area contributed by atoms with Crippen molar-refractivity contribution in [2.45, 2.75) is 58.0 Å². The number of nitrogens with one attached hydrogen (secondary N) is 1. The molecule has 14 heavy (non-hydrogen) atoms. The Bertz CT molecular complexity index is 209. The maximum absolute atomic E-state index is 3.81. The summed E-state index contributed by atoms with van der Waals surface area (Å²) < 4.78 is 0. The van der Waals surface area contributed by atoms with Crippen molar-refractivity contribution in [1.29, 1.82) is 0 Å². The fourth-order valence-corrected chi connectivity index (χ4v) is 2.83. The predicted molar refractivity (Wildman–Crippen MR) is 61.3 cm³/mol. The average Bonchev–Trinajstić information content (AvgIpc) is 2.52. The van der Waals surface area contributed by atoms with Crippen molar-refractivity contribution in [3.63, 3.8) is 0 Å². The first kappa shape index (κ1) is 10.2. The summed E-state index contributed by atoms with van der Waals surface area (Å²) in [6, 6.07) is 1.44. The van der Waals surface area contributed by atoms with Gasteiger partial charge in [0.2, 0.25) is 0 Å². The normalized spacial score (nSPS) is 43.0. The van der Waals surface area contributed by atoms with Gasteiger partial charge >= 0.3 is 0 Å². The molecule has 1 N–H and O–H groups in total. The molecule has 4 atom stereocenters. The summed E-state index contributed by atoms with van der Waals surface area (Å²) in [5.41, 5.74) is 0. The van der Waals surface area contributed by atoms with Gasteiger partial charge in [-0.2, -0.15) is 0 Å². The van der Waals surface area contributed by atoms with Gasteiger partial charge in [0.25, 0.3) is 0 Å². The molecule has 0 aromatic rings. The van der Waals surface area contributed by atoms with Crippen LogP contribution in [0.15, 0.2) is 12.2 Å². The maximum atomic E-state index is 3.81. The molecule has 2 rings (SSSR count). The zero-order valence-corrected chi connectivity index (χ0v) is 9.50. The lowest BCUT2D eigenvalue weighted by Crippen LogP contribution is -2.40. The van der Waals surface area contributed by atoms with E-state index in [0.29, 0.717) is 6.04 Å². The molecular weight excluding hydrogens is 170 g/mol. The standard InChI is InChI=1S/C13H23N/c1-10-8-9-13(11(10)2)14-12-6-4-3-5-7-12/h4,6,10-14H,3,5,7-9H2,1-2H3. The van der Waals surface area contributed by atoms with E-state index in [1.807, 2.05) is 0 Å². The van der Waals surface area contributed by atoms with Crippen molar-refractivity contribution in [3.8, 4) is 0 Å². The van der Waals surface area contributed by atoms with E-state index in [-0.39, 0.29) is 0 Å². The van der Waals surface area contributed by atoms with Gasteiger partial charge in [-0.25, -0.2) is 0 Å². The Morgan fingerprint density at radius 1 is 1.14 bits per heavy atom. The van der Waals surface area contributed by atoms with E-state index in [1.165, 1.54) is 32.1 Å². The molecule has 0 aromatic carbocycles. The molecule has 0 spiro atoms. The summed E-state index contributed by atoms with van der Waals surface area (Å²) in [6.45, 7) is 4.80. The van der Waals surface area contributed by atoms with Gasteiger partial charge in [0.15, 0.2) is 0 Å². The number of rotatable bonds is 2. The lowest BCUT2D eigenvalue weighted by Gasteiger charge is -2.26. The number of hydrogen-bond acceptors (Lipinski definition) is 1. The molecule has 1 saturated carbocycles. The Balaban J connectivity index is 1.85. The van der Waals surface area contributed by atoms with Crippen LogP contribution >= 0.6 is 0 Å². The second kappa shape index (κ2) is 4.48. The minimum atomic E-state index is 0.668. The van der Waals surface area contributed by atoms with E-state index < -0.39 is 0 Å². The summed E-state index contributed by atoms with van der Waals surface area (Å²) in [7, 11) is 0. The van der Waals surface area contributed by atoms with Crippen molar-refractivity contribution in [2.75, 3.05) is 0 Å². The lowest BCUT2D eigenvalue weighted by molar-refractivity contribution is 0.344. The van der Waals surface area contributed by atoms with Crippen molar-refractivity contribution in [3.05, 3.63) is 12.2 Å². The van der Waals surface area contributed by atoms with E-state index in [2.05, 4.69) is 31.3 Å². The monoisotopic (exact) mass is 193 g/mol. The van der Waals surface area contributed by atoms with Crippen LogP contribution in [0.4, 0.5) is 0 Å². The Kier molecular flexibility index (Phi) is 3.27. The Morgan fingerprint density at radius 2 is 2.00 bits per heavy atom. The average molecular weight is 193 g/mol. The quantitative estimate of drug-likeness (QED) is 0.664. The van der Waals surface area contributed by atoms with Crippen LogP contribution in [0, 0.1) is 11.8 Å². The summed E-state index contributed by atoms with van der Waals surface area (Å²) in [5, 5.41) is 3.81. The number of allylic oxidation sites excluding steroid dienone is 1. The molecule has 0 aliphatic heterocycles. The highest BCUT2D eigenvalue weighted by Gasteiger charge is 2.30. The molecule has 0 aromatic heterocycles. The highest BCUT2D eigenvalue weighted by Crippen LogP contribution is 2.31. The van der Waals surface area contributed by atoms with Gasteiger partial charge in [-0.1, -0.05) is 26.0 Å². The van der Waals surface area contributed by atoms with Crippen LogP contribution in [0.5, 0.6) is 0 Å². The van der Waals surface area contributed by atoms with Crippen molar-refractivity contribution in [1.82, 2.24) is 5.32 Å². The molecule has 0 radical (unpaired) electrons. The molecule has 1 heteroatoms. The van der Waals surface area contributed by atoms with Crippen LogP contribution in [0.2, 0.25) is 0 Å². The largest absolute Gasteiger partial charge is 0.307 e. The molecule has 2 aliphatic carbocycles. The van der Waals surface area contributed by atoms with E-state index in [4.69, 9.17) is 0 Å². The zero-order valence-electron chi connectivity index (χ0n) is 9.50. The third kappa shape index (κ3) is 2.20. The SMILES string of the molecule is CC1CCC(NC2C=CCCC2)C1C. The van der Waals surface area contributed by atoms with E-state index in [1.54, 1.807) is 0 Å². The third-order valence-corrected chi connectivity index (χ3v) is 4.15. The summed E-state index contributed by atoms with van der Waals surface area (Å²) in [4.78, 5) is 0. The first-order valence-corrected chi connectivity index (χ1v) is 6.20. The Labute approximate surface area is 88.0 Å². The molecule has 0 bridgehead atoms. The summed E-state index contributed by atoms with van der Waals surface area (Å²) >= 11 is 0. The van der Waals surface area contributed by atoms with Gasteiger partial charge in [0.1, 0.15) is 0 Å². The molecule has 1 fully saturated rings. The summed E-state index contributed by atoms with van der Waals surface area (Å²) in [6.07, 6.45) is 11.5. The maximum Gasteiger partial charge on any atom is 0.0252 e. The van der Waals surface area contributed by atoms with Crippen molar-refractivity contribution >= 4 is 0 Å². The molecule has 1 nitrogen and oxygen atoms in total. The highest BCUT2D eigenvalue weighted by molar-refractivity contribution is 5.00. The van der Waals surface area contributed by atoms with Gasteiger partial charge in [-0.05, 0) is 43.9 Å². The fraction of sp³-hybridized carbons (Fsp3) is 0.846. The van der Waals surface area contributed by atoms with Gasteiger partial charge in [0.05, 0.1) is 0 Å². The molecule has 0 amide bonds. The first-order chi connectivity index (χ1) is 6.77. The van der Waals surface area contributed by atoms with Crippen molar-refractivity contribution < 1.29 is 0 Å². The van der Waals surface area contributed by atoms with Crippen LogP contribution in [0.1, 0.15) is 46.0 Å².